The Morgan fingerprint density at radius 1 is 1.09 bits per heavy atom. The molecule has 2 aromatic rings. The maximum Gasteiger partial charge on any atom is 0.221 e. The van der Waals surface area contributed by atoms with Crippen molar-refractivity contribution >= 4 is 17.5 Å². The molecule has 1 amide bonds. The molecule has 0 fully saturated rings. The summed E-state index contributed by atoms with van der Waals surface area (Å²) in [5.74, 6) is 0.830. The standard InChI is InChI=1S/C18H21ClN2O2/c1-23-16-8-6-14(7-9-16)12-21-18(22)10-11-20-13-15-4-2-3-5-17(15)19/h2-9,20H,10-13H2,1H3,(H,21,22). The largest absolute Gasteiger partial charge is 0.497 e. The zero-order valence-corrected chi connectivity index (χ0v) is 13.9. The van der Waals surface area contributed by atoms with Gasteiger partial charge >= 0.3 is 0 Å². The van der Waals surface area contributed by atoms with E-state index < -0.39 is 0 Å². The van der Waals surface area contributed by atoms with Crippen molar-refractivity contribution in [1.29, 1.82) is 0 Å². The highest BCUT2D eigenvalue weighted by Crippen LogP contribution is 2.14. The summed E-state index contributed by atoms with van der Waals surface area (Å²) in [6.45, 7) is 1.79. The Bertz CT molecular complexity index is 629. The maximum absolute atomic E-state index is 11.8. The van der Waals surface area contributed by atoms with E-state index in [0.717, 1.165) is 21.9 Å². The van der Waals surface area contributed by atoms with Crippen LogP contribution in [0.2, 0.25) is 5.02 Å². The maximum atomic E-state index is 11.8. The van der Waals surface area contributed by atoms with E-state index in [-0.39, 0.29) is 5.91 Å². The van der Waals surface area contributed by atoms with Gasteiger partial charge in [-0.15, -0.1) is 0 Å². The number of methoxy groups -OCH3 is 1. The summed E-state index contributed by atoms with van der Waals surface area (Å²) < 4.78 is 5.10. The van der Waals surface area contributed by atoms with E-state index in [1.54, 1.807) is 7.11 Å². The van der Waals surface area contributed by atoms with Crippen LogP contribution >= 0.6 is 11.6 Å². The number of hydrogen-bond donors (Lipinski definition) is 2. The highest BCUT2D eigenvalue weighted by atomic mass is 35.5. The van der Waals surface area contributed by atoms with Gasteiger partial charge in [-0.05, 0) is 29.3 Å². The van der Waals surface area contributed by atoms with Crippen LogP contribution in [0.1, 0.15) is 17.5 Å². The van der Waals surface area contributed by atoms with Gasteiger partial charge in [0.1, 0.15) is 5.75 Å². The number of benzene rings is 2. The van der Waals surface area contributed by atoms with Gasteiger partial charge in [0.2, 0.25) is 5.91 Å². The van der Waals surface area contributed by atoms with Crippen molar-refractivity contribution in [2.24, 2.45) is 0 Å². The molecule has 0 unspecified atom stereocenters. The summed E-state index contributed by atoms with van der Waals surface area (Å²) in [6.07, 6.45) is 0.431. The second-order valence-electron chi connectivity index (χ2n) is 5.14. The van der Waals surface area contributed by atoms with Crippen LogP contribution in [0.25, 0.3) is 0 Å². The topological polar surface area (TPSA) is 50.4 Å². The molecule has 0 radical (unpaired) electrons. The summed E-state index contributed by atoms with van der Waals surface area (Å²) in [7, 11) is 1.63. The molecule has 23 heavy (non-hydrogen) atoms. The average Bonchev–Trinajstić information content (AvgIpc) is 2.59. The summed E-state index contributed by atoms with van der Waals surface area (Å²) in [5.41, 5.74) is 2.08. The molecule has 5 heteroatoms. The third-order valence-corrected chi connectivity index (χ3v) is 3.82. The molecule has 0 aliphatic heterocycles. The summed E-state index contributed by atoms with van der Waals surface area (Å²) in [5, 5.41) is 6.87. The third-order valence-electron chi connectivity index (χ3n) is 3.45. The Hall–Kier alpha value is -2.04. The number of ether oxygens (including phenoxy) is 1. The monoisotopic (exact) mass is 332 g/mol. The molecule has 0 saturated heterocycles. The Morgan fingerprint density at radius 2 is 1.83 bits per heavy atom. The van der Waals surface area contributed by atoms with Gasteiger partial charge in [0.05, 0.1) is 7.11 Å². The van der Waals surface area contributed by atoms with E-state index in [2.05, 4.69) is 10.6 Å². The number of carbonyl (C=O) groups is 1. The molecule has 2 aromatic carbocycles. The lowest BCUT2D eigenvalue weighted by atomic mass is 10.2. The van der Waals surface area contributed by atoms with Gasteiger partial charge in [-0.3, -0.25) is 4.79 Å². The molecule has 122 valence electrons. The zero-order chi connectivity index (χ0) is 16.5. The second kappa shape index (κ2) is 9.18. The number of hydrogen-bond acceptors (Lipinski definition) is 3. The number of nitrogens with one attached hydrogen (secondary N) is 2. The SMILES string of the molecule is COc1ccc(CNC(=O)CCNCc2ccccc2Cl)cc1. The first kappa shape index (κ1) is 17.3. The Morgan fingerprint density at radius 3 is 2.52 bits per heavy atom. The summed E-state index contributed by atoms with van der Waals surface area (Å²) in [4.78, 5) is 11.8. The van der Waals surface area contributed by atoms with Crippen LogP contribution in [0.5, 0.6) is 5.75 Å². The molecule has 0 aliphatic carbocycles. The lowest BCUT2D eigenvalue weighted by molar-refractivity contribution is -0.121. The Labute approximate surface area is 141 Å². The van der Waals surface area contributed by atoms with Crippen molar-refractivity contribution in [3.63, 3.8) is 0 Å². The molecule has 4 nitrogen and oxygen atoms in total. The lowest BCUT2D eigenvalue weighted by Gasteiger charge is -2.08. The first-order valence-electron chi connectivity index (χ1n) is 7.53. The smallest absolute Gasteiger partial charge is 0.221 e. The fraction of sp³-hybridized carbons (Fsp3) is 0.278. The van der Waals surface area contributed by atoms with Crippen molar-refractivity contribution in [2.45, 2.75) is 19.5 Å². The van der Waals surface area contributed by atoms with E-state index in [1.165, 1.54) is 0 Å². The van der Waals surface area contributed by atoms with Gasteiger partial charge in [0, 0.05) is 31.1 Å². The number of rotatable bonds is 8. The third kappa shape index (κ3) is 5.93. The Kier molecular flexibility index (Phi) is 6.91. The predicted octanol–water partition coefficient (Wildman–Crippen LogP) is 3.14. The van der Waals surface area contributed by atoms with E-state index >= 15 is 0 Å². The van der Waals surface area contributed by atoms with Gasteiger partial charge < -0.3 is 15.4 Å². The molecule has 0 atom stereocenters. The average molecular weight is 333 g/mol. The molecule has 0 bridgehead atoms. The van der Waals surface area contributed by atoms with Crippen LogP contribution < -0.4 is 15.4 Å². The van der Waals surface area contributed by atoms with Gasteiger partial charge in [0.25, 0.3) is 0 Å². The molecule has 0 aliphatic rings. The fourth-order valence-corrected chi connectivity index (χ4v) is 2.30. The molecular weight excluding hydrogens is 312 g/mol. The van der Waals surface area contributed by atoms with Crippen molar-refractivity contribution < 1.29 is 9.53 Å². The van der Waals surface area contributed by atoms with E-state index in [4.69, 9.17) is 16.3 Å². The van der Waals surface area contributed by atoms with Crippen LogP contribution in [0.4, 0.5) is 0 Å². The van der Waals surface area contributed by atoms with Crippen LogP contribution in [0.3, 0.4) is 0 Å². The highest BCUT2D eigenvalue weighted by Gasteiger charge is 2.03. The van der Waals surface area contributed by atoms with Crippen LogP contribution in [0, 0.1) is 0 Å². The zero-order valence-electron chi connectivity index (χ0n) is 13.1. The van der Waals surface area contributed by atoms with Crippen molar-refractivity contribution in [1.82, 2.24) is 10.6 Å². The normalized spacial score (nSPS) is 10.3. The Balaban J connectivity index is 1.64. The van der Waals surface area contributed by atoms with Crippen molar-refractivity contribution in [3.05, 3.63) is 64.7 Å². The minimum atomic E-state index is 0.0208. The molecular formula is C18H21ClN2O2. The number of carbonyl (C=O) groups excluding carboxylic acids is 1. The van der Waals surface area contributed by atoms with Gasteiger partial charge in [-0.25, -0.2) is 0 Å². The molecule has 0 aromatic heterocycles. The van der Waals surface area contributed by atoms with Crippen LogP contribution in [-0.4, -0.2) is 19.6 Å². The molecule has 0 saturated carbocycles. The number of halogens is 1. The molecule has 0 heterocycles. The lowest BCUT2D eigenvalue weighted by Crippen LogP contribution is -2.27. The predicted molar refractivity (Wildman–Crippen MR) is 92.6 cm³/mol. The molecule has 0 spiro atoms. The van der Waals surface area contributed by atoms with Crippen molar-refractivity contribution in [3.8, 4) is 5.75 Å². The van der Waals surface area contributed by atoms with E-state index in [1.807, 2.05) is 48.5 Å². The van der Waals surface area contributed by atoms with Gasteiger partial charge in [0.15, 0.2) is 0 Å². The minimum absolute atomic E-state index is 0.0208. The van der Waals surface area contributed by atoms with E-state index in [0.29, 0.717) is 26.1 Å². The summed E-state index contributed by atoms with van der Waals surface area (Å²) >= 11 is 6.08. The first-order valence-corrected chi connectivity index (χ1v) is 7.90. The molecule has 2 N–H and O–H groups in total. The first-order chi connectivity index (χ1) is 11.2. The van der Waals surface area contributed by atoms with Crippen LogP contribution in [-0.2, 0) is 17.9 Å². The van der Waals surface area contributed by atoms with E-state index in [9.17, 15) is 4.79 Å². The van der Waals surface area contributed by atoms with Gasteiger partial charge in [-0.2, -0.15) is 0 Å². The van der Waals surface area contributed by atoms with Crippen LogP contribution in [0.15, 0.2) is 48.5 Å². The molecule has 2 rings (SSSR count). The van der Waals surface area contributed by atoms with Crippen molar-refractivity contribution in [2.75, 3.05) is 13.7 Å². The number of amides is 1. The van der Waals surface area contributed by atoms with Gasteiger partial charge in [-0.1, -0.05) is 41.9 Å². The highest BCUT2D eigenvalue weighted by molar-refractivity contribution is 6.31. The quantitative estimate of drug-likeness (QED) is 0.730. The fourth-order valence-electron chi connectivity index (χ4n) is 2.10. The minimum Gasteiger partial charge on any atom is -0.497 e. The second-order valence-corrected chi connectivity index (χ2v) is 5.55. The summed E-state index contributed by atoms with van der Waals surface area (Å²) in [6, 6.07) is 15.3.